The minimum Gasteiger partial charge on any atom is -0.481 e. The summed E-state index contributed by atoms with van der Waals surface area (Å²) in [5.41, 5.74) is 3.66. The van der Waals surface area contributed by atoms with E-state index in [0.29, 0.717) is 35.0 Å². The Morgan fingerprint density at radius 3 is 2.44 bits per heavy atom. The van der Waals surface area contributed by atoms with Crippen LogP contribution in [0.15, 0.2) is 35.5 Å². The maximum absolute atomic E-state index is 12.1. The summed E-state index contributed by atoms with van der Waals surface area (Å²) < 4.78 is 5.68. The van der Waals surface area contributed by atoms with Crippen LogP contribution in [0.25, 0.3) is 0 Å². The first-order chi connectivity index (χ1) is 17.0. The van der Waals surface area contributed by atoms with E-state index in [-0.39, 0.29) is 30.3 Å². The van der Waals surface area contributed by atoms with E-state index >= 15 is 0 Å². The standard InChI is InChI=1S/C32H48O4/c1-20(2)21(3)7-8-22(4)26-11-12-27-25-10-9-23-19-24(36-30(35)14-13-29(33)34)15-17-31(23,5)28(25)16-18-32(26,27)6/h7-10,20-22,24,26-28H,11-19H2,1-6H3,(H,33,34). The highest BCUT2D eigenvalue weighted by Gasteiger charge is 2.57. The van der Waals surface area contributed by atoms with Crippen LogP contribution in [0.1, 0.15) is 99.3 Å². The van der Waals surface area contributed by atoms with Crippen molar-refractivity contribution in [3.8, 4) is 0 Å². The van der Waals surface area contributed by atoms with E-state index in [4.69, 9.17) is 9.84 Å². The molecule has 0 heterocycles. The molecule has 0 aliphatic heterocycles. The van der Waals surface area contributed by atoms with Crippen LogP contribution in [0.4, 0.5) is 0 Å². The first-order valence-electron chi connectivity index (χ1n) is 14.5. The molecule has 200 valence electrons. The third-order valence-electron chi connectivity index (χ3n) is 10.8. The van der Waals surface area contributed by atoms with Gasteiger partial charge >= 0.3 is 11.9 Å². The van der Waals surface area contributed by atoms with Crippen molar-refractivity contribution in [1.82, 2.24) is 0 Å². The predicted octanol–water partition coefficient (Wildman–Crippen LogP) is 7.75. The van der Waals surface area contributed by atoms with Gasteiger partial charge < -0.3 is 9.84 Å². The summed E-state index contributed by atoms with van der Waals surface area (Å²) in [6.07, 6.45) is 17.4. The van der Waals surface area contributed by atoms with E-state index in [9.17, 15) is 9.59 Å². The SMILES string of the molecule is CC(C)C(C)C=CC(C)C1CCC2C3=CC=C4CC(OC(=O)CCC(=O)O)CCC4(C)C3CCC21C. The van der Waals surface area contributed by atoms with Gasteiger partial charge in [-0.3, -0.25) is 9.59 Å². The Labute approximate surface area is 218 Å². The maximum atomic E-state index is 12.1. The summed E-state index contributed by atoms with van der Waals surface area (Å²) >= 11 is 0. The Morgan fingerprint density at radius 2 is 1.75 bits per heavy atom. The number of allylic oxidation sites excluding steroid dienone is 5. The molecule has 4 rings (SSSR count). The molecule has 36 heavy (non-hydrogen) atoms. The second-order valence-electron chi connectivity index (χ2n) is 13.2. The predicted molar refractivity (Wildman–Crippen MR) is 144 cm³/mol. The van der Waals surface area contributed by atoms with Crippen LogP contribution in [-0.4, -0.2) is 23.1 Å². The molecule has 0 amide bonds. The van der Waals surface area contributed by atoms with Gasteiger partial charge in [0, 0.05) is 6.42 Å². The van der Waals surface area contributed by atoms with Gasteiger partial charge in [0.2, 0.25) is 0 Å². The molecule has 0 spiro atoms. The molecule has 0 aromatic rings. The molecule has 0 aromatic carbocycles. The van der Waals surface area contributed by atoms with Crippen LogP contribution in [0.2, 0.25) is 0 Å². The second-order valence-corrected chi connectivity index (χ2v) is 13.2. The van der Waals surface area contributed by atoms with Crippen LogP contribution >= 0.6 is 0 Å². The van der Waals surface area contributed by atoms with Crippen LogP contribution < -0.4 is 0 Å². The number of esters is 1. The van der Waals surface area contributed by atoms with Crippen molar-refractivity contribution in [3.05, 3.63) is 35.5 Å². The van der Waals surface area contributed by atoms with Crippen LogP contribution in [0.3, 0.4) is 0 Å². The van der Waals surface area contributed by atoms with Gasteiger partial charge in [-0.25, -0.2) is 0 Å². The van der Waals surface area contributed by atoms with Crippen molar-refractivity contribution in [2.45, 2.75) is 105 Å². The second kappa shape index (κ2) is 10.5. The number of aliphatic carboxylic acids is 1. The number of carboxylic acid groups (broad SMARTS) is 1. The van der Waals surface area contributed by atoms with E-state index in [2.05, 4.69) is 65.8 Å². The highest BCUT2D eigenvalue weighted by atomic mass is 16.5. The minimum absolute atomic E-state index is 0.0414. The van der Waals surface area contributed by atoms with E-state index in [1.54, 1.807) is 5.57 Å². The van der Waals surface area contributed by atoms with E-state index in [1.165, 1.54) is 31.3 Å². The van der Waals surface area contributed by atoms with E-state index in [0.717, 1.165) is 25.2 Å². The normalized spacial score (nSPS) is 37.4. The number of carbonyl (C=O) groups is 2. The van der Waals surface area contributed by atoms with Crippen molar-refractivity contribution in [1.29, 1.82) is 0 Å². The quantitative estimate of drug-likeness (QED) is 0.276. The average molecular weight is 497 g/mol. The summed E-state index contributed by atoms with van der Waals surface area (Å²) in [4.78, 5) is 22.9. The molecule has 0 bridgehead atoms. The summed E-state index contributed by atoms with van der Waals surface area (Å²) in [6, 6.07) is 0. The third-order valence-corrected chi connectivity index (χ3v) is 10.8. The fraction of sp³-hybridized carbons (Fsp3) is 0.750. The van der Waals surface area contributed by atoms with Gasteiger partial charge in [0.15, 0.2) is 0 Å². The fourth-order valence-corrected chi connectivity index (χ4v) is 8.13. The lowest BCUT2D eigenvalue weighted by molar-refractivity contribution is -0.153. The largest absolute Gasteiger partial charge is 0.481 e. The number of ether oxygens (including phenoxy) is 1. The Balaban J connectivity index is 1.47. The lowest BCUT2D eigenvalue weighted by Gasteiger charge is -2.55. The highest BCUT2D eigenvalue weighted by Crippen LogP contribution is 2.66. The molecule has 4 nitrogen and oxygen atoms in total. The zero-order chi connectivity index (χ0) is 26.3. The summed E-state index contributed by atoms with van der Waals surface area (Å²) in [7, 11) is 0. The number of carboxylic acids is 1. The molecule has 0 saturated heterocycles. The summed E-state index contributed by atoms with van der Waals surface area (Å²) in [5.74, 6) is 2.64. The van der Waals surface area contributed by atoms with E-state index in [1.807, 2.05) is 0 Å². The summed E-state index contributed by atoms with van der Waals surface area (Å²) in [6.45, 7) is 14.4. The van der Waals surface area contributed by atoms with Crippen LogP contribution in [0, 0.1) is 46.3 Å². The van der Waals surface area contributed by atoms with Gasteiger partial charge in [-0.15, -0.1) is 0 Å². The molecule has 4 heteroatoms. The Hall–Kier alpha value is -1.84. The van der Waals surface area contributed by atoms with Gasteiger partial charge in [-0.1, -0.05) is 77.0 Å². The molecule has 4 aliphatic rings. The molecule has 8 unspecified atom stereocenters. The molecular weight excluding hydrogens is 448 g/mol. The van der Waals surface area contributed by atoms with Crippen LogP contribution in [-0.2, 0) is 14.3 Å². The number of fused-ring (bicyclic) bond motifs is 5. The van der Waals surface area contributed by atoms with Gasteiger partial charge in [0.1, 0.15) is 6.10 Å². The summed E-state index contributed by atoms with van der Waals surface area (Å²) in [5, 5.41) is 8.84. The average Bonchev–Trinajstić information content (AvgIpc) is 3.18. The zero-order valence-electron chi connectivity index (χ0n) is 23.4. The molecule has 8 atom stereocenters. The molecule has 3 saturated carbocycles. The third kappa shape index (κ3) is 5.11. The van der Waals surface area contributed by atoms with Crippen molar-refractivity contribution < 1.29 is 19.4 Å². The fourth-order valence-electron chi connectivity index (χ4n) is 8.13. The minimum atomic E-state index is -0.954. The van der Waals surface area contributed by atoms with Gasteiger partial charge in [0.25, 0.3) is 0 Å². The lowest BCUT2D eigenvalue weighted by atomic mass is 9.50. The maximum Gasteiger partial charge on any atom is 0.306 e. The highest BCUT2D eigenvalue weighted by molar-refractivity contribution is 5.76. The van der Waals surface area contributed by atoms with Crippen molar-refractivity contribution >= 4 is 11.9 Å². The zero-order valence-corrected chi connectivity index (χ0v) is 23.4. The Morgan fingerprint density at radius 1 is 1.00 bits per heavy atom. The molecule has 0 aromatic heterocycles. The number of carbonyl (C=O) groups excluding carboxylic acids is 1. The molecular formula is C32H48O4. The van der Waals surface area contributed by atoms with Gasteiger partial charge in [-0.2, -0.15) is 0 Å². The van der Waals surface area contributed by atoms with Crippen molar-refractivity contribution in [2.24, 2.45) is 46.3 Å². The smallest absolute Gasteiger partial charge is 0.306 e. The monoisotopic (exact) mass is 496 g/mol. The number of hydrogen-bond donors (Lipinski definition) is 1. The van der Waals surface area contributed by atoms with Crippen molar-refractivity contribution in [2.75, 3.05) is 0 Å². The molecule has 4 aliphatic carbocycles. The lowest BCUT2D eigenvalue weighted by Crippen LogP contribution is -2.46. The first-order valence-corrected chi connectivity index (χ1v) is 14.5. The number of hydrogen-bond acceptors (Lipinski definition) is 3. The van der Waals surface area contributed by atoms with Crippen molar-refractivity contribution in [3.63, 3.8) is 0 Å². The van der Waals surface area contributed by atoms with Crippen LogP contribution in [0.5, 0.6) is 0 Å². The van der Waals surface area contributed by atoms with Gasteiger partial charge in [-0.05, 0) is 84.9 Å². The topological polar surface area (TPSA) is 63.6 Å². The Kier molecular flexibility index (Phi) is 7.93. The Bertz CT molecular complexity index is 942. The number of rotatable bonds is 8. The molecule has 0 radical (unpaired) electrons. The molecule has 3 fully saturated rings. The molecule has 1 N–H and O–H groups in total. The van der Waals surface area contributed by atoms with E-state index < -0.39 is 5.97 Å². The first kappa shape index (κ1) is 27.2. The van der Waals surface area contributed by atoms with Gasteiger partial charge in [0.05, 0.1) is 12.8 Å².